The molecular formula is C8H9NO2. The van der Waals surface area contributed by atoms with Crippen molar-refractivity contribution < 1.29 is 9.21 Å². The van der Waals surface area contributed by atoms with Crippen molar-refractivity contribution in [3.05, 3.63) is 23.2 Å². The van der Waals surface area contributed by atoms with E-state index in [-0.39, 0.29) is 5.91 Å². The fourth-order valence-electron chi connectivity index (χ4n) is 1.33. The molecule has 0 atom stereocenters. The van der Waals surface area contributed by atoms with Gasteiger partial charge < -0.3 is 9.73 Å². The highest BCUT2D eigenvalue weighted by Crippen LogP contribution is 2.17. The van der Waals surface area contributed by atoms with E-state index in [9.17, 15) is 4.79 Å². The summed E-state index contributed by atoms with van der Waals surface area (Å²) >= 11 is 0. The number of rotatable bonds is 0. The van der Waals surface area contributed by atoms with Crippen LogP contribution in [0, 0.1) is 6.92 Å². The van der Waals surface area contributed by atoms with E-state index in [1.807, 2.05) is 6.92 Å². The van der Waals surface area contributed by atoms with Gasteiger partial charge >= 0.3 is 0 Å². The van der Waals surface area contributed by atoms with E-state index in [2.05, 4.69) is 5.32 Å². The van der Waals surface area contributed by atoms with E-state index in [1.54, 1.807) is 6.07 Å². The quantitative estimate of drug-likeness (QED) is 0.598. The Kier molecular flexibility index (Phi) is 1.24. The van der Waals surface area contributed by atoms with Crippen molar-refractivity contribution in [3.8, 4) is 0 Å². The number of hydrogen-bond acceptors (Lipinski definition) is 2. The van der Waals surface area contributed by atoms with Crippen LogP contribution in [-0.4, -0.2) is 12.5 Å². The number of aryl methyl sites for hydroxylation is 1. The lowest BCUT2D eigenvalue weighted by Gasteiger charge is -2.09. The largest absolute Gasteiger partial charge is 0.465 e. The van der Waals surface area contributed by atoms with Crippen LogP contribution < -0.4 is 5.32 Å². The number of hydrogen-bond donors (Lipinski definition) is 1. The number of nitrogens with one attached hydrogen (secondary N) is 1. The fourth-order valence-corrected chi connectivity index (χ4v) is 1.33. The summed E-state index contributed by atoms with van der Waals surface area (Å²) < 4.78 is 5.32. The van der Waals surface area contributed by atoms with Gasteiger partial charge in [-0.3, -0.25) is 4.79 Å². The van der Waals surface area contributed by atoms with Crippen molar-refractivity contribution in [2.75, 3.05) is 6.54 Å². The molecule has 1 N–H and O–H groups in total. The third kappa shape index (κ3) is 0.926. The van der Waals surface area contributed by atoms with Gasteiger partial charge in [-0.25, -0.2) is 0 Å². The van der Waals surface area contributed by atoms with Crippen LogP contribution in [0.4, 0.5) is 0 Å². The van der Waals surface area contributed by atoms with Gasteiger partial charge in [0.25, 0.3) is 5.91 Å². The van der Waals surface area contributed by atoms with Crippen molar-refractivity contribution in [3.63, 3.8) is 0 Å². The first kappa shape index (κ1) is 6.46. The molecule has 0 bridgehead atoms. The predicted molar refractivity (Wildman–Crippen MR) is 39.5 cm³/mol. The van der Waals surface area contributed by atoms with Gasteiger partial charge in [-0.1, -0.05) is 0 Å². The molecule has 1 aliphatic rings. The van der Waals surface area contributed by atoms with E-state index < -0.39 is 0 Å². The van der Waals surface area contributed by atoms with Crippen LogP contribution in [-0.2, 0) is 6.42 Å². The first-order chi connectivity index (χ1) is 5.27. The zero-order valence-electron chi connectivity index (χ0n) is 6.31. The van der Waals surface area contributed by atoms with E-state index in [1.165, 1.54) is 0 Å². The van der Waals surface area contributed by atoms with Gasteiger partial charge in [0.05, 0.1) is 5.56 Å². The molecule has 11 heavy (non-hydrogen) atoms. The minimum Gasteiger partial charge on any atom is -0.465 e. The number of amides is 1. The molecule has 0 aromatic carbocycles. The summed E-state index contributed by atoms with van der Waals surface area (Å²) in [5.41, 5.74) is 0.703. The molecule has 0 saturated heterocycles. The van der Waals surface area contributed by atoms with Crippen molar-refractivity contribution in [2.24, 2.45) is 0 Å². The Bertz CT molecular complexity index is 301. The summed E-state index contributed by atoms with van der Waals surface area (Å²) in [7, 11) is 0. The second kappa shape index (κ2) is 2.12. The first-order valence-electron chi connectivity index (χ1n) is 3.65. The lowest BCUT2D eigenvalue weighted by molar-refractivity contribution is 0.0943. The maximum Gasteiger partial charge on any atom is 0.254 e. The monoisotopic (exact) mass is 151 g/mol. The van der Waals surface area contributed by atoms with Crippen LogP contribution in [0.25, 0.3) is 0 Å². The summed E-state index contributed by atoms with van der Waals surface area (Å²) in [6.45, 7) is 2.55. The highest BCUT2D eigenvalue weighted by atomic mass is 16.3. The number of carbonyl (C=O) groups excluding carboxylic acids is 1. The highest BCUT2D eigenvalue weighted by Gasteiger charge is 2.19. The summed E-state index contributed by atoms with van der Waals surface area (Å²) in [4.78, 5) is 11.1. The maximum absolute atomic E-state index is 11.1. The van der Waals surface area contributed by atoms with Crippen LogP contribution >= 0.6 is 0 Å². The summed E-state index contributed by atoms with van der Waals surface area (Å²) in [5.74, 6) is 1.63. The SMILES string of the molecule is Cc1cc2c(o1)CCNC2=O. The third-order valence-electron chi connectivity index (χ3n) is 1.81. The van der Waals surface area contributed by atoms with Crippen LogP contribution in [0.15, 0.2) is 10.5 Å². The Balaban J connectivity index is 2.52. The maximum atomic E-state index is 11.1. The summed E-state index contributed by atoms with van der Waals surface area (Å²) in [6.07, 6.45) is 0.814. The lowest BCUT2D eigenvalue weighted by atomic mass is 10.1. The smallest absolute Gasteiger partial charge is 0.254 e. The molecule has 0 aliphatic carbocycles. The van der Waals surface area contributed by atoms with E-state index in [0.717, 1.165) is 17.9 Å². The van der Waals surface area contributed by atoms with Crippen molar-refractivity contribution in [1.82, 2.24) is 5.32 Å². The van der Waals surface area contributed by atoms with Gasteiger partial charge in [0.2, 0.25) is 0 Å². The van der Waals surface area contributed by atoms with E-state index in [4.69, 9.17) is 4.42 Å². The molecule has 0 spiro atoms. The van der Waals surface area contributed by atoms with Crippen molar-refractivity contribution >= 4 is 5.91 Å². The lowest BCUT2D eigenvalue weighted by Crippen LogP contribution is -2.30. The Labute approximate surface area is 64.4 Å². The number of furan rings is 1. The van der Waals surface area contributed by atoms with Gasteiger partial charge in [0.1, 0.15) is 11.5 Å². The molecule has 0 fully saturated rings. The van der Waals surface area contributed by atoms with Crippen LogP contribution in [0.5, 0.6) is 0 Å². The molecular weight excluding hydrogens is 142 g/mol. The Morgan fingerprint density at radius 3 is 3.18 bits per heavy atom. The van der Waals surface area contributed by atoms with Crippen molar-refractivity contribution in [1.29, 1.82) is 0 Å². The molecule has 2 rings (SSSR count). The zero-order chi connectivity index (χ0) is 7.84. The minimum absolute atomic E-state index is 0.0110. The highest BCUT2D eigenvalue weighted by molar-refractivity contribution is 5.96. The van der Waals surface area contributed by atoms with Gasteiger partial charge in [0, 0.05) is 13.0 Å². The van der Waals surface area contributed by atoms with Gasteiger partial charge in [-0.05, 0) is 13.0 Å². The average molecular weight is 151 g/mol. The van der Waals surface area contributed by atoms with Crippen molar-refractivity contribution in [2.45, 2.75) is 13.3 Å². The van der Waals surface area contributed by atoms with Crippen LogP contribution in [0.1, 0.15) is 21.9 Å². The van der Waals surface area contributed by atoms with Gasteiger partial charge in [-0.2, -0.15) is 0 Å². The molecule has 1 aromatic heterocycles. The molecule has 1 aromatic rings. The molecule has 0 saturated carbocycles. The molecule has 58 valence electrons. The molecule has 0 radical (unpaired) electrons. The Morgan fingerprint density at radius 2 is 2.45 bits per heavy atom. The molecule has 3 heteroatoms. The normalized spacial score (nSPS) is 15.9. The minimum atomic E-state index is -0.0110. The Hall–Kier alpha value is -1.25. The first-order valence-corrected chi connectivity index (χ1v) is 3.65. The molecule has 3 nitrogen and oxygen atoms in total. The summed E-state index contributed by atoms with van der Waals surface area (Å²) in [5, 5.41) is 2.75. The second-order valence-electron chi connectivity index (χ2n) is 2.70. The molecule has 0 unspecified atom stereocenters. The molecule has 2 heterocycles. The predicted octanol–water partition coefficient (Wildman–Crippen LogP) is 0.874. The topological polar surface area (TPSA) is 42.2 Å². The van der Waals surface area contributed by atoms with Crippen LogP contribution in [0.2, 0.25) is 0 Å². The third-order valence-corrected chi connectivity index (χ3v) is 1.81. The molecule has 1 aliphatic heterocycles. The molecule has 1 amide bonds. The average Bonchev–Trinajstić information content (AvgIpc) is 2.31. The Morgan fingerprint density at radius 1 is 1.64 bits per heavy atom. The standard InChI is InChI=1S/C8H9NO2/c1-5-4-6-7(11-5)2-3-9-8(6)10/h4H,2-3H2,1H3,(H,9,10). The second-order valence-corrected chi connectivity index (χ2v) is 2.70. The van der Waals surface area contributed by atoms with E-state index >= 15 is 0 Å². The van der Waals surface area contributed by atoms with Gasteiger partial charge in [-0.15, -0.1) is 0 Å². The summed E-state index contributed by atoms with van der Waals surface area (Å²) in [6, 6.07) is 1.78. The number of fused-ring (bicyclic) bond motifs is 1. The zero-order valence-corrected chi connectivity index (χ0v) is 6.31. The van der Waals surface area contributed by atoms with E-state index in [0.29, 0.717) is 12.1 Å². The fraction of sp³-hybridized carbons (Fsp3) is 0.375. The number of carbonyl (C=O) groups is 1. The van der Waals surface area contributed by atoms with Gasteiger partial charge in [0.15, 0.2) is 0 Å². The van der Waals surface area contributed by atoms with Crippen LogP contribution in [0.3, 0.4) is 0 Å².